The second kappa shape index (κ2) is 7.53. The van der Waals surface area contributed by atoms with Crippen LogP contribution in [0.4, 0.5) is 4.79 Å². The average molecular weight is 370 g/mol. The predicted octanol–water partition coefficient (Wildman–Crippen LogP) is 3.40. The molecule has 4 rings (SSSR count). The standard InChI is InChI=1S/C22H30N2O3/c1-24(21(25)18-10-19(11-18)23-22(26)27-2)20-12-17(13-20)16-8-7-14-5-3-4-6-15(14)9-16/h7-9,17-20H,3-6,10-13H2,1-2H3,(H,23,26). The van der Waals surface area contributed by atoms with Crippen LogP contribution in [-0.2, 0) is 22.4 Å². The van der Waals surface area contributed by atoms with Gasteiger partial charge in [-0.2, -0.15) is 0 Å². The maximum Gasteiger partial charge on any atom is 0.407 e. The molecule has 0 aromatic heterocycles. The van der Waals surface area contributed by atoms with Crippen molar-refractivity contribution < 1.29 is 14.3 Å². The number of fused-ring (bicyclic) bond motifs is 1. The third-order valence-electron chi connectivity index (χ3n) is 6.85. The first-order chi connectivity index (χ1) is 13.0. The van der Waals surface area contributed by atoms with Crippen LogP contribution in [0.3, 0.4) is 0 Å². The van der Waals surface area contributed by atoms with Crippen LogP contribution < -0.4 is 5.32 Å². The van der Waals surface area contributed by atoms with E-state index in [0.29, 0.717) is 12.0 Å². The number of ether oxygens (including phenoxy) is 1. The highest BCUT2D eigenvalue weighted by atomic mass is 16.5. The quantitative estimate of drug-likeness (QED) is 0.884. The summed E-state index contributed by atoms with van der Waals surface area (Å²) in [7, 11) is 3.30. The summed E-state index contributed by atoms with van der Waals surface area (Å²) in [6.45, 7) is 0. The maximum atomic E-state index is 12.7. The van der Waals surface area contributed by atoms with Crippen molar-refractivity contribution in [1.29, 1.82) is 0 Å². The number of aryl methyl sites for hydroxylation is 2. The van der Waals surface area contributed by atoms with Crippen LogP contribution in [0, 0.1) is 5.92 Å². The van der Waals surface area contributed by atoms with Crippen LogP contribution >= 0.6 is 0 Å². The van der Waals surface area contributed by atoms with Gasteiger partial charge < -0.3 is 15.0 Å². The Bertz CT molecular complexity index is 720. The molecule has 2 amide bonds. The van der Waals surface area contributed by atoms with Crippen molar-refractivity contribution in [3.05, 3.63) is 34.9 Å². The molecule has 1 aromatic rings. The van der Waals surface area contributed by atoms with E-state index in [9.17, 15) is 9.59 Å². The fraction of sp³-hybridized carbons (Fsp3) is 0.636. The molecule has 5 nitrogen and oxygen atoms in total. The molecule has 27 heavy (non-hydrogen) atoms. The number of methoxy groups -OCH3 is 1. The Morgan fingerprint density at radius 1 is 1.07 bits per heavy atom. The van der Waals surface area contributed by atoms with Crippen molar-refractivity contribution in [2.75, 3.05) is 14.2 Å². The summed E-state index contributed by atoms with van der Waals surface area (Å²) in [5.41, 5.74) is 4.54. The number of rotatable bonds is 4. The zero-order valence-electron chi connectivity index (χ0n) is 16.4. The van der Waals surface area contributed by atoms with E-state index < -0.39 is 6.09 Å². The van der Waals surface area contributed by atoms with Gasteiger partial charge in [0.05, 0.1) is 7.11 Å². The molecular weight excluding hydrogens is 340 g/mol. The third-order valence-corrected chi connectivity index (χ3v) is 6.85. The molecule has 1 N–H and O–H groups in total. The zero-order chi connectivity index (χ0) is 19.0. The first-order valence-corrected chi connectivity index (χ1v) is 10.3. The lowest BCUT2D eigenvalue weighted by Gasteiger charge is -2.45. The van der Waals surface area contributed by atoms with Gasteiger partial charge in [0.25, 0.3) is 0 Å². The number of nitrogens with one attached hydrogen (secondary N) is 1. The molecule has 3 aliphatic rings. The van der Waals surface area contributed by atoms with E-state index in [4.69, 9.17) is 0 Å². The summed E-state index contributed by atoms with van der Waals surface area (Å²) in [6, 6.07) is 7.48. The largest absolute Gasteiger partial charge is 0.453 e. The summed E-state index contributed by atoms with van der Waals surface area (Å²) in [5.74, 6) is 0.861. The molecule has 0 saturated heterocycles. The number of hydrogen-bond acceptors (Lipinski definition) is 3. The van der Waals surface area contributed by atoms with E-state index in [1.54, 1.807) is 5.56 Å². The van der Waals surface area contributed by atoms with E-state index in [1.807, 2.05) is 11.9 Å². The minimum absolute atomic E-state index is 0.0416. The van der Waals surface area contributed by atoms with Gasteiger partial charge in [-0.3, -0.25) is 4.79 Å². The van der Waals surface area contributed by atoms with Crippen molar-refractivity contribution in [2.45, 2.75) is 69.4 Å². The van der Waals surface area contributed by atoms with Gasteiger partial charge in [-0.25, -0.2) is 4.79 Å². The number of carbonyl (C=O) groups is 2. The van der Waals surface area contributed by atoms with Crippen LogP contribution in [-0.4, -0.2) is 43.1 Å². The molecule has 5 heteroatoms. The molecule has 0 atom stereocenters. The maximum absolute atomic E-state index is 12.7. The Morgan fingerprint density at radius 3 is 2.48 bits per heavy atom. The monoisotopic (exact) mass is 370 g/mol. The third kappa shape index (κ3) is 3.69. The molecule has 0 spiro atoms. The fourth-order valence-corrected chi connectivity index (χ4v) is 4.81. The van der Waals surface area contributed by atoms with Crippen LogP contribution in [0.5, 0.6) is 0 Å². The molecule has 0 heterocycles. The molecule has 2 saturated carbocycles. The van der Waals surface area contributed by atoms with E-state index in [-0.39, 0.29) is 17.9 Å². The minimum Gasteiger partial charge on any atom is -0.453 e. The second-order valence-electron chi connectivity index (χ2n) is 8.51. The smallest absolute Gasteiger partial charge is 0.407 e. The van der Waals surface area contributed by atoms with Crippen molar-refractivity contribution in [1.82, 2.24) is 10.2 Å². The van der Waals surface area contributed by atoms with Gasteiger partial charge in [0.2, 0.25) is 5.91 Å². The molecular formula is C22H30N2O3. The predicted molar refractivity (Wildman–Crippen MR) is 104 cm³/mol. The highest BCUT2D eigenvalue weighted by Crippen LogP contribution is 2.42. The van der Waals surface area contributed by atoms with Gasteiger partial charge in [-0.05, 0) is 74.0 Å². The summed E-state index contributed by atoms with van der Waals surface area (Å²) in [6.07, 6.45) is 8.25. The topological polar surface area (TPSA) is 58.6 Å². The number of amides is 2. The van der Waals surface area contributed by atoms with Crippen molar-refractivity contribution in [3.8, 4) is 0 Å². The lowest BCUT2D eigenvalue weighted by atomic mass is 9.73. The first kappa shape index (κ1) is 18.3. The van der Waals surface area contributed by atoms with Crippen LogP contribution in [0.15, 0.2) is 18.2 Å². The Morgan fingerprint density at radius 2 is 1.78 bits per heavy atom. The van der Waals surface area contributed by atoms with Gasteiger partial charge in [-0.1, -0.05) is 18.2 Å². The molecule has 2 fully saturated rings. The lowest BCUT2D eigenvalue weighted by molar-refractivity contribution is -0.141. The summed E-state index contributed by atoms with van der Waals surface area (Å²) in [4.78, 5) is 25.9. The Hall–Kier alpha value is -2.04. The van der Waals surface area contributed by atoms with Gasteiger partial charge in [0.1, 0.15) is 0 Å². The molecule has 3 aliphatic carbocycles. The summed E-state index contributed by atoms with van der Waals surface area (Å²) >= 11 is 0. The molecule has 1 aromatic carbocycles. The highest BCUT2D eigenvalue weighted by Gasteiger charge is 2.41. The van der Waals surface area contributed by atoms with E-state index in [2.05, 4.69) is 28.3 Å². The van der Waals surface area contributed by atoms with E-state index in [0.717, 1.165) is 25.7 Å². The number of benzene rings is 1. The van der Waals surface area contributed by atoms with Crippen molar-refractivity contribution in [2.24, 2.45) is 5.92 Å². The molecule has 0 bridgehead atoms. The Kier molecular flexibility index (Phi) is 5.11. The van der Waals surface area contributed by atoms with E-state index >= 15 is 0 Å². The lowest BCUT2D eigenvalue weighted by Crippen LogP contribution is -2.53. The number of hydrogen-bond donors (Lipinski definition) is 1. The first-order valence-electron chi connectivity index (χ1n) is 10.3. The summed E-state index contributed by atoms with van der Waals surface area (Å²) < 4.78 is 4.61. The number of alkyl carbamates (subject to hydrolysis) is 1. The average Bonchev–Trinajstić information content (AvgIpc) is 2.62. The van der Waals surface area contributed by atoms with Gasteiger partial charge in [-0.15, -0.1) is 0 Å². The SMILES string of the molecule is COC(=O)NC1CC(C(=O)N(C)C2CC(c3ccc4c(c3)CCCC4)C2)C1. The molecule has 0 aliphatic heterocycles. The zero-order valence-corrected chi connectivity index (χ0v) is 16.4. The van der Waals surface area contributed by atoms with Crippen LogP contribution in [0.1, 0.15) is 61.1 Å². The summed E-state index contributed by atoms with van der Waals surface area (Å²) in [5, 5.41) is 2.77. The van der Waals surface area contributed by atoms with Gasteiger partial charge >= 0.3 is 6.09 Å². The highest BCUT2D eigenvalue weighted by molar-refractivity contribution is 5.80. The minimum atomic E-state index is -0.411. The normalized spacial score (nSPS) is 29.0. The van der Waals surface area contributed by atoms with Gasteiger partial charge in [0.15, 0.2) is 0 Å². The van der Waals surface area contributed by atoms with Gasteiger partial charge in [0, 0.05) is 25.0 Å². The van der Waals surface area contributed by atoms with Crippen molar-refractivity contribution >= 4 is 12.0 Å². The number of carbonyl (C=O) groups excluding carboxylic acids is 2. The molecule has 0 unspecified atom stereocenters. The molecule has 146 valence electrons. The fourth-order valence-electron chi connectivity index (χ4n) is 4.81. The number of nitrogens with zero attached hydrogens (tertiary/aromatic N) is 1. The Labute approximate surface area is 161 Å². The second-order valence-corrected chi connectivity index (χ2v) is 8.51. The van der Waals surface area contributed by atoms with Crippen LogP contribution in [0.2, 0.25) is 0 Å². The van der Waals surface area contributed by atoms with E-state index in [1.165, 1.54) is 43.9 Å². The van der Waals surface area contributed by atoms with Crippen molar-refractivity contribution in [3.63, 3.8) is 0 Å². The Balaban J connectivity index is 1.26. The van der Waals surface area contributed by atoms with Crippen LogP contribution in [0.25, 0.3) is 0 Å². The molecule has 0 radical (unpaired) electrons.